The molecule has 1 aliphatic heterocycles. The third kappa shape index (κ3) is 3.39. The number of nitrogens with zero attached hydrogens (tertiary/aromatic N) is 3. The second kappa shape index (κ2) is 6.39. The first-order chi connectivity index (χ1) is 10.3. The van der Waals surface area contributed by atoms with Gasteiger partial charge in [0.15, 0.2) is 6.61 Å². The molecule has 0 radical (unpaired) electrons. The van der Waals surface area contributed by atoms with Crippen molar-refractivity contribution in [2.75, 3.05) is 19.7 Å². The predicted octanol–water partition coefficient (Wildman–Crippen LogP) is 1.59. The maximum Gasteiger partial charge on any atom is 0.260 e. The number of hydrogen-bond donors (Lipinski definition) is 1. The van der Waals surface area contributed by atoms with Gasteiger partial charge in [-0.15, -0.1) is 0 Å². The Labute approximate surface area is 123 Å². The molecule has 0 aliphatic carbocycles. The van der Waals surface area contributed by atoms with Crippen molar-refractivity contribution in [2.45, 2.75) is 18.8 Å². The van der Waals surface area contributed by atoms with Crippen molar-refractivity contribution in [3.05, 3.63) is 42.5 Å². The molecule has 6 nitrogen and oxygen atoms in total. The van der Waals surface area contributed by atoms with Crippen LogP contribution < -0.4 is 4.74 Å². The summed E-state index contributed by atoms with van der Waals surface area (Å²) in [4.78, 5) is 18.1. The maximum atomic E-state index is 12.2. The number of aromatic nitrogens is 3. The molecule has 0 spiro atoms. The zero-order valence-corrected chi connectivity index (χ0v) is 11.7. The molecule has 1 N–H and O–H groups in total. The van der Waals surface area contributed by atoms with Gasteiger partial charge < -0.3 is 9.64 Å². The Balaban J connectivity index is 1.55. The van der Waals surface area contributed by atoms with Gasteiger partial charge in [0.2, 0.25) is 0 Å². The third-order valence-corrected chi connectivity index (χ3v) is 3.73. The van der Waals surface area contributed by atoms with Gasteiger partial charge in [0.25, 0.3) is 5.91 Å². The van der Waals surface area contributed by atoms with Gasteiger partial charge in [-0.1, -0.05) is 0 Å². The lowest BCUT2D eigenvalue weighted by atomic mass is 9.95. The molecule has 1 fully saturated rings. The number of carbonyl (C=O) groups is 1. The molecule has 2 aromatic rings. The lowest BCUT2D eigenvalue weighted by molar-refractivity contribution is -0.134. The molecule has 3 heterocycles. The van der Waals surface area contributed by atoms with Crippen molar-refractivity contribution in [2.24, 2.45) is 0 Å². The lowest BCUT2D eigenvalue weighted by Gasteiger charge is -2.32. The summed E-state index contributed by atoms with van der Waals surface area (Å²) in [6.07, 6.45) is 7.12. The molecule has 110 valence electrons. The first kappa shape index (κ1) is 13.6. The number of ether oxygens (including phenoxy) is 1. The van der Waals surface area contributed by atoms with Gasteiger partial charge >= 0.3 is 0 Å². The first-order valence-electron chi connectivity index (χ1n) is 7.13. The highest BCUT2D eigenvalue weighted by molar-refractivity contribution is 5.78. The number of likely N-dealkylation sites (tertiary alicyclic amines) is 1. The number of hydrogen-bond acceptors (Lipinski definition) is 4. The minimum atomic E-state index is 0.0167. The maximum absolute atomic E-state index is 12.2. The van der Waals surface area contributed by atoms with Crippen molar-refractivity contribution < 1.29 is 9.53 Å². The molecule has 1 amide bonds. The molecule has 1 saturated heterocycles. The van der Waals surface area contributed by atoms with E-state index in [4.69, 9.17) is 4.74 Å². The normalized spacial score (nSPS) is 18.5. The van der Waals surface area contributed by atoms with Crippen LogP contribution in [0.5, 0.6) is 5.75 Å². The fourth-order valence-electron chi connectivity index (χ4n) is 2.62. The van der Waals surface area contributed by atoms with Crippen LogP contribution >= 0.6 is 0 Å². The van der Waals surface area contributed by atoms with Gasteiger partial charge in [0.05, 0.1) is 6.20 Å². The lowest BCUT2D eigenvalue weighted by Crippen LogP contribution is -2.41. The standard InChI is InChI=1S/C15H18N4O2/c20-15(11-21-13-4-1-6-16-9-13)19-8-2-3-12(10-19)14-5-7-17-18-14/h1,4-7,9,12H,2-3,8,10-11H2,(H,17,18)/t12-/m1/s1. The fourth-order valence-corrected chi connectivity index (χ4v) is 2.62. The number of aromatic amines is 1. The summed E-state index contributed by atoms with van der Waals surface area (Å²) in [5.41, 5.74) is 1.10. The highest BCUT2D eigenvalue weighted by atomic mass is 16.5. The van der Waals surface area contributed by atoms with Crippen molar-refractivity contribution in [1.82, 2.24) is 20.1 Å². The van der Waals surface area contributed by atoms with E-state index in [1.807, 2.05) is 11.0 Å². The zero-order valence-electron chi connectivity index (χ0n) is 11.7. The van der Waals surface area contributed by atoms with Crippen LogP contribution in [-0.4, -0.2) is 45.7 Å². The SMILES string of the molecule is O=C(COc1cccnc1)N1CCC[C@@H](c2ccn[nH]2)C1. The van der Waals surface area contributed by atoms with E-state index in [0.29, 0.717) is 11.7 Å². The fraction of sp³-hybridized carbons (Fsp3) is 0.400. The minimum Gasteiger partial charge on any atom is -0.482 e. The highest BCUT2D eigenvalue weighted by Crippen LogP contribution is 2.25. The third-order valence-electron chi connectivity index (χ3n) is 3.73. The summed E-state index contributed by atoms with van der Waals surface area (Å²) in [5, 5.41) is 6.98. The van der Waals surface area contributed by atoms with Crippen LogP contribution in [0.4, 0.5) is 0 Å². The molecular formula is C15H18N4O2. The van der Waals surface area contributed by atoms with E-state index in [1.165, 1.54) is 0 Å². The molecule has 0 bridgehead atoms. The number of amides is 1. The second-order valence-electron chi connectivity index (χ2n) is 5.17. The summed E-state index contributed by atoms with van der Waals surface area (Å²) in [6, 6.07) is 5.56. The van der Waals surface area contributed by atoms with Crippen molar-refractivity contribution >= 4 is 5.91 Å². The van der Waals surface area contributed by atoms with Crippen LogP contribution in [0.25, 0.3) is 0 Å². The van der Waals surface area contributed by atoms with Crippen LogP contribution in [0, 0.1) is 0 Å². The average molecular weight is 286 g/mol. The summed E-state index contributed by atoms with van der Waals surface area (Å²) in [5.74, 6) is 0.972. The summed E-state index contributed by atoms with van der Waals surface area (Å²) in [7, 11) is 0. The topological polar surface area (TPSA) is 71.1 Å². The zero-order chi connectivity index (χ0) is 14.5. The molecule has 6 heteroatoms. The Morgan fingerprint density at radius 3 is 3.14 bits per heavy atom. The van der Waals surface area contributed by atoms with Crippen LogP contribution in [-0.2, 0) is 4.79 Å². The largest absolute Gasteiger partial charge is 0.482 e. The first-order valence-corrected chi connectivity index (χ1v) is 7.13. The predicted molar refractivity (Wildman–Crippen MR) is 76.9 cm³/mol. The van der Waals surface area contributed by atoms with Crippen LogP contribution in [0.15, 0.2) is 36.8 Å². The molecule has 1 atom stereocenters. The van der Waals surface area contributed by atoms with Gasteiger partial charge in [-0.25, -0.2) is 0 Å². The molecule has 21 heavy (non-hydrogen) atoms. The molecule has 0 unspecified atom stereocenters. The molecular weight excluding hydrogens is 268 g/mol. The molecule has 1 aliphatic rings. The van der Waals surface area contributed by atoms with Crippen LogP contribution in [0.2, 0.25) is 0 Å². The van der Waals surface area contributed by atoms with E-state index in [2.05, 4.69) is 15.2 Å². The van der Waals surface area contributed by atoms with Gasteiger partial charge in [-0.05, 0) is 31.0 Å². The van der Waals surface area contributed by atoms with E-state index >= 15 is 0 Å². The second-order valence-corrected chi connectivity index (χ2v) is 5.17. The number of rotatable bonds is 4. The monoisotopic (exact) mass is 286 g/mol. The van der Waals surface area contributed by atoms with Gasteiger partial charge in [0, 0.05) is 37.1 Å². The van der Waals surface area contributed by atoms with Crippen LogP contribution in [0.1, 0.15) is 24.5 Å². The number of H-pyrrole nitrogens is 1. The van der Waals surface area contributed by atoms with E-state index < -0.39 is 0 Å². The van der Waals surface area contributed by atoms with E-state index in [0.717, 1.165) is 31.6 Å². The summed E-state index contributed by atoms with van der Waals surface area (Å²) in [6.45, 7) is 1.57. The van der Waals surface area contributed by atoms with Crippen LogP contribution in [0.3, 0.4) is 0 Å². The smallest absolute Gasteiger partial charge is 0.260 e. The summed E-state index contributed by atoms with van der Waals surface area (Å²) < 4.78 is 5.47. The Morgan fingerprint density at radius 2 is 2.38 bits per heavy atom. The number of nitrogens with one attached hydrogen (secondary N) is 1. The van der Waals surface area contributed by atoms with Gasteiger partial charge in [0.1, 0.15) is 5.75 Å². The Morgan fingerprint density at radius 1 is 1.43 bits per heavy atom. The highest BCUT2D eigenvalue weighted by Gasteiger charge is 2.25. The van der Waals surface area contributed by atoms with E-state index in [1.54, 1.807) is 30.7 Å². The Hall–Kier alpha value is -2.37. The Kier molecular flexibility index (Phi) is 4.14. The molecule has 0 aromatic carbocycles. The number of pyridine rings is 1. The average Bonchev–Trinajstić information content (AvgIpc) is 3.08. The quantitative estimate of drug-likeness (QED) is 0.926. The molecule has 3 rings (SSSR count). The number of piperidine rings is 1. The van der Waals surface area contributed by atoms with Crippen molar-refractivity contribution in [3.63, 3.8) is 0 Å². The van der Waals surface area contributed by atoms with Crippen molar-refractivity contribution in [1.29, 1.82) is 0 Å². The van der Waals surface area contributed by atoms with E-state index in [9.17, 15) is 4.79 Å². The molecule has 2 aromatic heterocycles. The molecule has 0 saturated carbocycles. The van der Waals surface area contributed by atoms with E-state index in [-0.39, 0.29) is 12.5 Å². The Bertz CT molecular complexity index is 571. The summed E-state index contributed by atoms with van der Waals surface area (Å²) >= 11 is 0. The van der Waals surface area contributed by atoms with Gasteiger partial charge in [-0.2, -0.15) is 5.10 Å². The minimum absolute atomic E-state index is 0.0167. The number of carbonyl (C=O) groups excluding carboxylic acids is 1. The van der Waals surface area contributed by atoms with Gasteiger partial charge in [-0.3, -0.25) is 14.9 Å². The van der Waals surface area contributed by atoms with Crippen molar-refractivity contribution in [3.8, 4) is 5.75 Å².